The molecule has 0 aliphatic rings. The van der Waals surface area contributed by atoms with Gasteiger partial charge in [0, 0.05) is 11.4 Å². The van der Waals surface area contributed by atoms with Crippen LogP contribution >= 0.6 is 23.4 Å². The lowest BCUT2D eigenvalue weighted by atomic mass is 10.1. The van der Waals surface area contributed by atoms with Crippen LogP contribution in [0.25, 0.3) is 0 Å². The minimum absolute atomic E-state index is 0.0741. The summed E-state index contributed by atoms with van der Waals surface area (Å²) in [5, 5.41) is 8.28. The maximum absolute atomic E-state index is 12.2. The monoisotopic (exact) mass is 398 g/mol. The second kappa shape index (κ2) is 8.71. The number of rotatable bonds is 7. The molecule has 0 saturated carbocycles. The number of carbonyl (C=O) groups is 1. The van der Waals surface area contributed by atoms with Gasteiger partial charge in [0.15, 0.2) is 0 Å². The molecule has 5 nitrogen and oxygen atoms in total. The van der Waals surface area contributed by atoms with Crippen molar-refractivity contribution in [3.8, 4) is 0 Å². The van der Waals surface area contributed by atoms with Crippen LogP contribution in [0.1, 0.15) is 12.5 Å². The Morgan fingerprint density at radius 3 is 2.44 bits per heavy atom. The summed E-state index contributed by atoms with van der Waals surface area (Å²) < 4.78 is 22.4. The first-order chi connectivity index (χ1) is 11.8. The molecule has 0 aliphatic heterocycles. The summed E-state index contributed by atoms with van der Waals surface area (Å²) in [5.74, 6) is -0.0777. The quantitative estimate of drug-likeness (QED) is 0.702. The molecule has 2 rings (SSSR count). The van der Waals surface area contributed by atoms with Crippen LogP contribution in [-0.4, -0.2) is 26.1 Å². The van der Waals surface area contributed by atoms with Gasteiger partial charge in [-0.05, 0) is 43.2 Å². The number of halogens is 1. The van der Waals surface area contributed by atoms with E-state index in [-0.39, 0.29) is 16.1 Å². The van der Waals surface area contributed by atoms with Crippen LogP contribution in [-0.2, 0) is 21.2 Å². The van der Waals surface area contributed by atoms with Gasteiger partial charge in [0.2, 0.25) is 15.9 Å². The Morgan fingerprint density at radius 1 is 1.20 bits per heavy atom. The van der Waals surface area contributed by atoms with Crippen molar-refractivity contribution in [2.24, 2.45) is 5.14 Å². The van der Waals surface area contributed by atoms with Crippen molar-refractivity contribution in [3.63, 3.8) is 0 Å². The van der Waals surface area contributed by atoms with Crippen LogP contribution in [0.3, 0.4) is 0 Å². The number of hydrogen-bond acceptors (Lipinski definition) is 4. The number of sulfonamides is 1. The van der Waals surface area contributed by atoms with E-state index in [0.717, 1.165) is 10.5 Å². The van der Waals surface area contributed by atoms with Crippen LogP contribution in [0.5, 0.6) is 0 Å². The van der Waals surface area contributed by atoms with Crippen molar-refractivity contribution in [2.75, 3.05) is 6.54 Å². The van der Waals surface area contributed by atoms with E-state index in [2.05, 4.69) is 5.32 Å². The summed E-state index contributed by atoms with van der Waals surface area (Å²) in [7, 11) is -3.68. The highest BCUT2D eigenvalue weighted by Gasteiger charge is 2.15. The van der Waals surface area contributed by atoms with Gasteiger partial charge in [-0.2, -0.15) is 0 Å². The van der Waals surface area contributed by atoms with Crippen LogP contribution in [0, 0.1) is 0 Å². The summed E-state index contributed by atoms with van der Waals surface area (Å²) in [4.78, 5) is 13.1. The highest BCUT2D eigenvalue weighted by atomic mass is 35.5. The molecule has 0 unspecified atom stereocenters. The van der Waals surface area contributed by atoms with E-state index in [1.54, 1.807) is 18.2 Å². The minimum atomic E-state index is -3.68. The third kappa shape index (κ3) is 6.04. The lowest BCUT2D eigenvalue weighted by Crippen LogP contribution is -2.32. The predicted molar refractivity (Wildman–Crippen MR) is 101 cm³/mol. The minimum Gasteiger partial charge on any atom is -0.355 e. The summed E-state index contributed by atoms with van der Waals surface area (Å²) in [5.41, 5.74) is 0.916. The molecule has 0 saturated heterocycles. The summed E-state index contributed by atoms with van der Waals surface area (Å²) in [6.45, 7) is 2.28. The fourth-order valence-corrected chi connectivity index (χ4v) is 3.80. The molecule has 134 valence electrons. The average Bonchev–Trinajstić information content (AvgIpc) is 2.56. The summed E-state index contributed by atoms with van der Waals surface area (Å²) >= 11 is 7.50. The largest absolute Gasteiger partial charge is 0.355 e. The van der Waals surface area contributed by atoms with Crippen molar-refractivity contribution in [1.82, 2.24) is 5.32 Å². The Morgan fingerprint density at radius 2 is 1.84 bits per heavy atom. The Hall–Kier alpha value is -1.54. The molecule has 8 heteroatoms. The van der Waals surface area contributed by atoms with Gasteiger partial charge in [-0.25, -0.2) is 13.6 Å². The average molecular weight is 399 g/mol. The molecule has 2 aromatic carbocycles. The first-order valence-electron chi connectivity index (χ1n) is 7.58. The molecule has 1 atom stereocenters. The van der Waals surface area contributed by atoms with Gasteiger partial charge < -0.3 is 5.32 Å². The van der Waals surface area contributed by atoms with E-state index in [9.17, 15) is 13.2 Å². The number of primary sulfonamides is 1. The Kier molecular flexibility index (Phi) is 6.89. The molecule has 2 aromatic rings. The number of nitrogens with two attached hydrogens (primary N) is 1. The van der Waals surface area contributed by atoms with E-state index < -0.39 is 10.0 Å². The van der Waals surface area contributed by atoms with E-state index in [1.807, 2.05) is 25.1 Å². The van der Waals surface area contributed by atoms with Gasteiger partial charge in [0.25, 0.3) is 0 Å². The zero-order valence-corrected chi connectivity index (χ0v) is 16.0. The normalized spacial score (nSPS) is 12.6. The number of carbonyl (C=O) groups excluding carboxylic acids is 1. The number of thioether (sulfide) groups is 1. The highest BCUT2D eigenvalue weighted by Crippen LogP contribution is 2.29. The van der Waals surface area contributed by atoms with Crippen molar-refractivity contribution in [3.05, 3.63) is 59.1 Å². The fraction of sp³-hybridized carbons (Fsp3) is 0.235. The fourth-order valence-electron chi connectivity index (χ4n) is 2.10. The van der Waals surface area contributed by atoms with Gasteiger partial charge in [-0.3, -0.25) is 4.79 Å². The Bertz CT molecular complexity index is 839. The Balaban J connectivity index is 1.83. The Labute approximate surface area is 157 Å². The summed E-state index contributed by atoms with van der Waals surface area (Å²) in [6.07, 6.45) is 0.597. The molecule has 1 amide bonds. The van der Waals surface area contributed by atoms with Crippen LogP contribution in [0.15, 0.2) is 58.3 Å². The van der Waals surface area contributed by atoms with E-state index in [4.69, 9.17) is 16.7 Å². The SMILES string of the molecule is C[C@@H](Sc1ccccc1Cl)C(=O)NCCc1ccc(S(N)(=O)=O)cc1. The molecular formula is C17H19ClN2O3S2. The first kappa shape index (κ1) is 19.8. The van der Waals surface area contributed by atoms with Crippen LogP contribution < -0.4 is 10.5 Å². The van der Waals surface area contributed by atoms with E-state index in [0.29, 0.717) is 18.0 Å². The zero-order valence-electron chi connectivity index (χ0n) is 13.6. The lowest BCUT2D eigenvalue weighted by molar-refractivity contribution is -0.120. The number of benzene rings is 2. The second-order valence-electron chi connectivity index (χ2n) is 5.42. The van der Waals surface area contributed by atoms with Crippen molar-refractivity contribution in [1.29, 1.82) is 0 Å². The smallest absolute Gasteiger partial charge is 0.238 e. The molecule has 3 N–H and O–H groups in total. The maximum atomic E-state index is 12.2. The van der Waals surface area contributed by atoms with Crippen molar-refractivity contribution < 1.29 is 13.2 Å². The van der Waals surface area contributed by atoms with Crippen LogP contribution in [0.2, 0.25) is 5.02 Å². The molecule has 0 spiro atoms. The van der Waals surface area contributed by atoms with E-state index in [1.165, 1.54) is 23.9 Å². The van der Waals surface area contributed by atoms with Crippen LogP contribution in [0.4, 0.5) is 0 Å². The van der Waals surface area contributed by atoms with Gasteiger partial charge in [-0.15, -0.1) is 11.8 Å². The lowest BCUT2D eigenvalue weighted by Gasteiger charge is -2.13. The van der Waals surface area contributed by atoms with Crippen molar-refractivity contribution >= 4 is 39.3 Å². The van der Waals surface area contributed by atoms with Gasteiger partial charge in [0.05, 0.1) is 15.2 Å². The van der Waals surface area contributed by atoms with E-state index >= 15 is 0 Å². The molecule has 0 bridgehead atoms. The van der Waals surface area contributed by atoms with Gasteiger partial charge in [0.1, 0.15) is 0 Å². The molecule has 0 fully saturated rings. The standard InChI is InChI=1S/C17H19ClN2O3S2/c1-12(24-16-5-3-2-4-15(16)18)17(21)20-11-10-13-6-8-14(9-7-13)25(19,22)23/h2-9,12H,10-11H2,1H3,(H,20,21)(H2,19,22,23)/t12-/m1/s1. The molecule has 0 heterocycles. The topological polar surface area (TPSA) is 89.3 Å². The predicted octanol–water partition coefficient (Wildman–Crippen LogP) is 2.83. The highest BCUT2D eigenvalue weighted by molar-refractivity contribution is 8.00. The van der Waals surface area contributed by atoms with Gasteiger partial charge in [-0.1, -0.05) is 35.9 Å². The third-order valence-corrected chi connectivity index (χ3v) is 6.02. The molecule has 0 aliphatic carbocycles. The third-order valence-electron chi connectivity index (χ3n) is 3.47. The summed E-state index contributed by atoms with van der Waals surface area (Å²) in [6, 6.07) is 13.7. The first-order valence-corrected chi connectivity index (χ1v) is 10.4. The molecule has 25 heavy (non-hydrogen) atoms. The second-order valence-corrected chi connectivity index (χ2v) is 8.77. The number of amides is 1. The maximum Gasteiger partial charge on any atom is 0.238 e. The van der Waals surface area contributed by atoms with Gasteiger partial charge >= 0.3 is 0 Å². The molecular weight excluding hydrogens is 380 g/mol. The zero-order chi connectivity index (χ0) is 18.4. The number of nitrogens with one attached hydrogen (secondary N) is 1. The van der Waals surface area contributed by atoms with Crippen molar-refractivity contribution in [2.45, 2.75) is 28.4 Å². The number of hydrogen-bond donors (Lipinski definition) is 2. The molecule has 0 radical (unpaired) electrons. The molecule has 0 aromatic heterocycles.